The molecule has 2 aliphatic rings. The van der Waals surface area contributed by atoms with E-state index in [-0.39, 0.29) is 41.9 Å². The Hall–Kier alpha value is -3.84. The highest BCUT2D eigenvalue weighted by atomic mass is 19.4. The molecule has 0 unspecified atom stereocenters. The molecule has 0 spiro atoms. The zero-order valence-corrected chi connectivity index (χ0v) is 27.8. The van der Waals surface area contributed by atoms with Crippen LogP contribution in [0.2, 0.25) is 0 Å². The number of aromatic nitrogens is 2. The van der Waals surface area contributed by atoms with Crippen LogP contribution in [0.3, 0.4) is 0 Å². The van der Waals surface area contributed by atoms with Crippen LogP contribution >= 0.6 is 0 Å². The van der Waals surface area contributed by atoms with E-state index in [4.69, 9.17) is 0 Å². The van der Waals surface area contributed by atoms with Crippen molar-refractivity contribution in [2.24, 2.45) is 0 Å². The number of rotatable bonds is 17. The molecule has 49 heavy (non-hydrogen) atoms. The summed E-state index contributed by atoms with van der Waals surface area (Å²) in [5, 5.41) is 22.3. The smallest absolute Gasteiger partial charge is 0.390 e. The van der Waals surface area contributed by atoms with Crippen LogP contribution in [0.15, 0.2) is 48.5 Å². The minimum Gasteiger partial charge on any atom is -0.390 e. The normalized spacial score (nSPS) is 16.7. The van der Waals surface area contributed by atoms with E-state index in [0.29, 0.717) is 44.3 Å². The number of hydrogen-bond donors (Lipinski definition) is 3. The number of aliphatic hydroxyl groups excluding tert-OH is 1. The first kappa shape index (κ1) is 36.4. The second-order valence-corrected chi connectivity index (χ2v) is 13.1. The van der Waals surface area contributed by atoms with Crippen molar-refractivity contribution >= 4 is 11.8 Å². The van der Waals surface area contributed by atoms with Crippen LogP contribution in [0.5, 0.6) is 0 Å². The lowest BCUT2D eigenvalue weighted by Crippen LogP contribution is -2.53. The number of benzene rings is 2. The summed E-state index contributed by atoms with van der Waals surface area (Å²) in [7, 11) is 0. The Morgan fingerprint density at radius 2 is 1.76 bits per heavy atom. The molecule has 3 aromatic rings. The molecule has 2 aromatic carbocycles. The minimum absolute atomic E-state index is 0.00286. The van der Waals surface area contributed by atoms with Crippen LogP contribution in [0.4, 0.5) is 22.0 Å². The molecule has 8 nitrogen and oxygen atoms in total. The molecular weight excluding hydrogens is 645 g/mol. The molecule has 2 saturated carbocycles. The van der Waals surface area contributed by atoms with Crippen LogP contribution in [-0.4, -0.2) is 62.9 Å². The first-order valence-corrected chi connectivity index (χ1v) is 17.1. The highest BCUT2D eigenvalue weighted by molar-refractivity contribution is 5.98. The Kier molecular flexibility index (Phi) is 11.4. The summed E-state index contributed by atoms with van der Waals surface area (Å²) in [4.78, 5) is 28.8. The Morgan fingerprint density at radius 3 is 2.37 bits per heavy atom. The minimum atomic E-state index is -4.51. The number of aryl methyl sites for hydroxylation is 1. The first-order valence-electron chi connectivity index (χ1n) is 17.1. The maximum absolute atomic E-state index is 14.3. The molecule has 5 rings (SSSR count). The molecule has 2 fully saturated rings. The molecule has 1 aromatic heterocycles. The van der Waals surface area contributed by atoms with Gasteiger partial charge in [0, 0.05) is 43.3 Å². The molecule has 0 radical (unpaired) electrons. The highest BCUT2D eigenvalue weighted by Crippen LogP contribution is 2.47. The van der Waals surface area contributed by atoms with E-state index in [9.17, 15) is 36.6 Å². The fraction of sp³-hybridized carbons (Fsp3) is 0.528. The number of aliphatic hydroxyl groups is 1. The second-order valence-electron chi connectivity index (χ2n) is 13.1. The van der Waals surface area contributed by atoms with Crippen LogP contribution in [0.1, 0.15) is 103 Å². The number of nitrogens with one attached hydrogen (secondary N) is 2. The summed E-state index contributed by atoms with van der Waals surface area (Å²) >= 11 is 0. The van der Waals surface area contributed by atoms with Gasteiger partial charge >= 0.3 is 6.18 Å². The third-order valence-corrected chi connectivity index (χ3v) is 9.33. The van der Waals surface area contributed by atoms with Crippen molar-refractivity contribution in [3.8, 4) is 0 Å². The van der Waals surface area contributed by atoms with Crippen molar-refractivity contribution in [1.82, 2.24) is 25.3 Å². The third-order valence-electron chi connectivity index (χ3n) is 9.33. The molecule has 3 N–H and O–H groups in total. The maximum Gasteiger partial charge on any atom is 0.416 e. The first-order chi connectivity index (χ1) is 23.3. The average molecular weight is 690 g/mol. The van der Waals surface area contributed by atoms with Gasteiger partial charge in [0.2, 0.25) is 0 Å². The zero-order valence-electron chi connectivity index (χ0n) is 27.8. The van der Waals surface area contributed by atoms with Gasteiger partial charge in [0.15, 0.2) is 5.69 Å². The van der Waals surface area contributed by atoms with Crippen LogP contribution < -0.4 is 10.6 Å². The maximum atomic E-state index is 14.3. The number of alkyl halides is 3. The molecule has 0 aliphatic heterocycles. The fourth-order valence-electron chi connectivity index (χ4n) is 6.37. The van der Waals surface area contributed by atoms with E-state index in [2.05, 4.69) is 22.7 Å². The van der Waals surface area contributed by atoms with Crippen molar-refractivity contribution in [3.05, 3.63) is 88.2 Å². The van der Waals surface area contributed by atoms with E-state index in [0.717, 1.165) is 56.0 Å². The van der Waals surface area contributed by atoms with Crippen molar-refractivity contribution < 1.29 is 36.6 Å². The Balaban J connectivity index is 1.40. The highest BCUT2D eigenvalue weighted by Gasteiger charge is 2.47. The fourth-order valence-corrected chi connectivity index (χ4v) is 6.37. The largest absolute Gasteiger partial charge is 0.416 e. The average Bonchev–Trinajstić information content (AvgIpc) is 4.00. The number of hydrogen-bond acceptors (Lipinski definition) is 5. The van der Waals surface area contributed by atoms with Gasteiger partial charge in [0.25, 0.3) is 11.8 Å². The quantitative estimate of drug-likeness (QED) is 0.113. The summed E-state index contributed by atoms with van der Waals surface area (Å²) in [6.45, 7) is 4.60. The summed E-state index contributed by atoms with van der Waals surface area (Å²) in [6.07, 6.45) is 0.403. The number of nitrogens with zero attached hydrogens (tertiary/aromatic N) is 3. The van der Waals surface area contributed by atoms with E-state index < -0.39 is 47.0 Å². The van der Waals surface area contributed by atoms with Gasteiger partial charge in [-0.1, -0.05) is 38.3 Å². The number of carbonyl (C=O) groups excluding carboxylic acids is 2. The number of halogens is 5. The number of carbonyl (C=O) groups is 2. The van der Waals surface area contributed by atoms with Crippen LogP contribution in [0, 0.1) is 11.6 Å². The molecule has 13 heteroatoms. The predicted octanol–water partition coefficient (Wildman–Crippen LogP) is 6.37. The molecule has 2 amide bonds. The summed E-state index contributed by atoms with van der Waals surface area (Å²) < 4.78 is 70.4. The molecule has 266 valence electrons. The van der Waals surface area contributed by atoms with Gasteiger partial charge < -0.3 is 20.6 Å². The predicted molar refractivity (Wildman–Crippen MR) is 174 cm³/mol. The van der Waals surface area contributed by atoms with Gasteiger partial charge in [-0.2, -0.15) is 18.3 Å². The summed E-state index contributed by atoms with van der Waals surface area (Å²) in [5.41, 5.74) is -0.671. The van der Waals surface area contributed by atoms with Gasteiger partial charge in [0.05, 0.1) is 17.7 Å². The Morgan fingerprint density at radius 1 is 1.04 bits per heavy atom. The van der Waals surface area contributed by atoms with Gasteiger partial charge in [0.1, 0.15) is 17.3 Å². The van der Waals surface area contributed by atoms with E-state index >= 15 is 0 Å². The molecular formula is C36H44F5N5O3. The van der Waals surface area contributed by atoms with Crippen molar-refractivity contribution in [2.75, 3.05) is 13.1 Å². The Bertz CT molecular complexity index is 1600. The third kappa shape index (κ3) is 9.04. The van der Waals surface area contributed by atoms with Crippen molar-refractivity contribution in [3.63, 3.8) is 0 Å². The van der Waals surface area contributed by atoms with Gasteiger partial charge in [-0.25, -0.2) is 8.78 Å². The lowest BCUT2D eigenvalue weighted by molar-refractivity contribution is -0.137. The monoisotopic (exact) mass is 689 g/mol. The zero-order chi connectivity index (χ0) is 35.3. The lowest BCUT2D eigenvalue weighted by Gasteiger charge is -2.36. The van der Waals surface area contributed by atoms with Crippen LogP contribution in [0.25, 0.3) is 0 Å². The molecule has 1 heterocycles. The summed E-state index contributed by atoms with van der Waals surface area (Å²) in [5.74, 6) is -2.51. The van der Waals surface area contributed by atoms with Crippen LogP contribution in [-0.2, 0) is 24.7 Å². The van der Waals surface area contributed by atoms with E-state index in [1.54, 1.807) is 13.0 Å². The lowest BCUT2D eigenvalue weighted by atomic mass is 9.97. The topological polar surface area (TPSA) is 99.5 Å². The number of amides is 2. The second kappa shape index (κ2) is 15.4. The van der Waals surface area contributed by atoms with Gasteiger partial charge in [-0.3, -0.25) is 14.3 Å². The SMILES string of the molecule is CCCCCCNC(=O)c1cc(C(=O)N(C2CC2)[C@@H](Cc2cc(F)cc(F)c2)[C@H](O)CNC2(c3cccc(C(F)(F)F)c3)CC2)nn1CC. The molecule has 0 saturated heterocycles. The molecule has 2 atom stereocenters. The van der Waals surface area contributed by atoms with Crippen molar-refractivity contribution in [1.29, 1.82) is 0 Å². The summed E-state index contributed by atoms with van der Waals surface area (Å²) in [6, 6.07) is 8.25. The standard InChI is InChI=1S/C36H44F5N5O3/c1-3-5-6-7-15-42-33(48)31-21-29(44-45(31)4-2)34(49)46(28-11-12-28)30(18-23-16-26(37)20-27(38)17-23)32(47)22-43-35(13-14-35)24-9-8-10-25(19-24)36(39,40)41/h8-10,16-17,19-21,28,30,32,43,47H,3-7,11-15,18,22H2,1-2H3,(H,42,48)/t30-,32+/m0/s1. The molecule has 0 bridgehead atoms. The number of unbranched alkanes of at least 4 members (excludes halogenated alkanes) is 3. The molecule has 2 aliphatic carbocycles. The van der Waals surface area contributed by atoms with E-state index in [1.807, 2.05) is 0 Å². The van der Waals surface area contributed by atoms with E-state index in [1.165, 1.54) is 21.7 Å². The Labute approximate surface area is 283 Å². The van der Waals surface area contributed by atoms with Crippen molar-refractivity contribution in [2.45, 2.75) is 108 Å². The van der Waals surface area contributed by atoms with Gasteiger partial charge in [-0.05, 0) is 80.8 Å². The van der Waals surface area contributed by atoms with Gasteiger partial charge in [-0.15, -0.1) is 0 Å².